The molecule has 124 valence electrons. The third kappa shape index (κ3) is 5.22. The minimum atomic E-state index is 0.560. The Kier molecular flexibility index (Phi) is 7.61. The number of carbonyl (C=O) groups is 1. The van der Waals surface area contributed by atoms with Crippen LogP contribution in [0.2, 0.25) is 0 Å². The minimum absolute atomic E-state index is 0.560. The fourth-order valence-electron chi connectivity index (χ4n) is 3.56. The van der Waals surface area contributed by atoms with E-state index in [-0.39, 0.29) is 0 Å². The Labute approximate surface area is 134 Å². The highest BCUT2D eigenvalue weighted by Gasteiger charge is 2.17. The summed E-state index contributed by atoms with van der Waals surface area (Å²) >= 11 is 0. The summed E-state index contributed by atoms with van der Waals surface area (Å²) in [5.41, 5.74) is 1.63. The van der Waals surface area contributed by atoms with Crippen molar-refractivity contribution in [3.8, 4) is 0 Å². The first-order chi connectivity index (χ1) is 10.8. The maximum atomic E-state index is 11.2. The highest BCUT2D eigenvalue weighted by atomic mass is 16.1. The predicted molar refractivity (Wildman–Crippen MR) is 89.1 cm³/mol. The molecule has 2 rings (SSSR count). The summed E-state index contributed by atoms with van der Waals surface area (Å²) in [5, 5.41) is 8.26. The van der Waals surface area contributed by atoms with E-state index in [0.29, 0.717) is 5.69 Å². The summed E-state index contributed by atoms with van der Waals surface area (Å²) in [6.07, 6.45) is 16.1. The lowest BCUT2D eigenvalue weighted by atomic mass is 9.85. The molecule has 0 aliphatic heterocycles. The van der Waals surface area contributed by atoms with Crippen LogP contribution < -0.4 is 0 Å². The van der Waals surface area contributed by atoms with Crippen molar-refractivity contribution in [2.75, 3.05) is 0 Å². The standard InChI is InChI=1S/C18H31N3O/c1-2-3-4-5-9-14-21-18(17(15-22)19-20-21)13-12-16-10-7-6-8-11-16/h15-16H,2-14H2,1H3. The number of aldehydes is 1. The van der Waals surface area contributed by atoms with Gasteiger partial charge in [0.15, 0.2) is 6.29 Å². The van der Waals surface area contributed by atoms with Gasteiger partial charge >= 0.3 is 0 Å². The van der Waals surface area contributed by atoms with E-state index in [0.717, 1.165) is 37.3 Å². The molecule has 1 aromatic heterocycles. The van der Waals surface area contributed by atoms with E-state index in [1.54, 1.807) is 0 Å². The molecule has 4 heteroatoms. The van der Waals surface area contributed by atoms with Crippen LogP contribution in [0.4, 0.5) is 0 Å². The molecule has 0 radical (unpaired) electrons. The molecule has 0 amide bonds. The third-order valence-corrected chi connectivity index (χ3v) is 4.97. The fraction of sp³-hybridized carbons (Fsp3) is 0.833. The zero-order valence-electron chi connectivity index (χ0n) is 14.1. The van der Waals surface area contributed by atoms with Gasteiger partial charge in [-0.15, -0.1) is 5.10 Å². The van der Waals surface area contributed by atoms with Gasteiger partial charge in [0.2, 0.25) is 0 Å². The van der Waals surface area contributed by atoms with Crippen LogP contribution in [0.3, 0.4) is 0 Å². The second-order valence-electron chi connectivity index (χ2n) is 6.72. The summed E-state index contributed by atoms with van der Waals surface area (Å²) in [6.45, 7) is 3.14. The monoisotopic (exact) mass is 305 g/mol. The van der Waals surface area contributed by atoms with Gasteiger partial charge in [-0.1, -0.05) is 69.9 Å². The minimum Gasteiger partial charge on any atom is -0.296 e. The Morgan fingerprint density at radius 2 is 1.91 bits per heavy atom. The average Bonchev–Trinajstić information content (AvgIpc) is 2.95. The van der Waals surface area contributed by atoms with Crippen molar-refractivity contribution in [1.29, 1.82) is 0 Å². The van der Waals surface area contributed by atoms with Crippen LogP contribution in [-0.2, 0) is 13.0 Å². The largest absolute Gasteiger partial charge is 0.296 e. The molecule has 0 unspecified atom stereocenters. The maximum Gasteiger partial charge on any atom is 0.172 e. The van der Waals surface area contributed by atoms with Crippen LogP contribution in [0.25, 0.3) is 0 Å². The molecule has 0 atom stereocenters. The number of aryl methyl sites for hydroxylation is 1. The van der Waals surface area contributed by atoms with Gasteiger partial charge in [-0.25, -0.2) is 4.68 Å². The summed E-state index contributed by atoms with van der Waals surface area (Å²) in [6, 6.07) is 0. The first kappa shape index (κ1) is 17.2. The smallest absolute Gasteiger partial charge is 0.172 e. The highest BCUT2D eigenvalue weighted by Crippen LogP contribution is 2.27. The Morgan fingerprint density at radius 3 is 2.64 bits per heavy atom. The zero-order valence-corrected chi connectivity index (χ0v) is 14.1. The second kappa shape index (κ2) is 9.75. The molecule has 0 bridgehead atoms. The summed E-state index contributed by atoms with van der Waals surface area (Å²) in [5.74, 6) is 0.834. The number of hydrogen-bond acceptors (Lipinski definition) is 3. The van der Waals surface area contributed by atoms with Crippen LogP contribution in [0, 0.1) is 5.92 Å². The van der Waals surface area contributed by atoms with E-state index in [1.807, 2.05) is 4.68 Å². The molecule has 1 aliphatic rings. The molecule has 4 nitrogen and oxygen atoms in total. The molecule has 1 aliphatic carbocycles. The van der Waals surface area contributed by atoms with Crippen molar-refractivity contribution in [1.82, 2.24) is 15.0 Å². The Bertz CT molecular complexity index is 436. The summed E-state index contributed by atoms with van der Waals surface area (Å²) in [7, 11) is 0. The number of nitrogens with zero attached hydrogens (tertiary/aromatic N) is 3. The van der Waals surface area contributed by atoms with Crippen LogP contribution in [0.15, 0.2) is 0 Å². The van der Waals surface area contributed by atoms with Crippen molar-refractivity contribution in [2.24, 2.45) is 5.92 Å². The molecule has 1 heterocycles. The molecule has 0 saturated heterocycles. The lowest BCUT2D eigenvalue weighted by Crippen LogP contribution is -2.11. The highest BCUT2D eigenvalue weighted by molar-refractivity contribution is 5.73. The van der Waals surface area contributed by atoms with Gasteiger partial charge in [0.25, 0.3) is 0 Å². The summed E-state index contributed by atoms with van der Waals surface area (Å²) < 4.78 is 1.98. The van der Waals surface area contributed by atoms with E-state index >= 15 is 0 Å². The molecule has 0 spiro atoms. The van der Waals surface area contributed by atoms with E-state index in [9.17, 15) is 4.79 Å². The third-order valence-electron chi connectivity index (χ3n) is 4.97. The maximum absolute atomic E-state index is 11.2. The predicted octanol–water partition coefficient (Wildman–Crippen LogP) is 4.57. The van der Waals surface area contributed by atoms with Gasteiger partial charge in [0.05, 0.1) is 5.69 Å². The molecule has 0 aromatic carbocycles. The lowest BCUT2D eigenvalue weighted by Gasteiger charge is -2.21. The van der Waals surface area contributed by atoms with Crippen LogP contribution in [-0.4, -0.2) is 21.3 Å². The number of carbonyl (C=O) groups excluding carboxylic acids is 1. The van der Waals surface area contributed by atoms with Crippen molar-refractivity contribution in [3.05, 3.63) is 11.4 Å². The van der Waals surface area contributed by atoms with Gasteiger partial charge in [-0.3, -0.25) is 4.79 Å². The summed E-state index contributed by atoms with van der Waals surface area (Å²) in [4.78, 5) is 11.2. The lowest BCUT2D eigenvalue weighted by molar-refractivity contribution is 0.111. The molecular formula is C18H31N3O. The second-order valence-corrected chi connectivity index (χ2v) is 6.72. The van der Waals surface area contributed by atoms with E-state index in [1.165, 1.54) is 64.2 Å². The van der Waals surface area contributed by atoms with Gasteiger partial charge in [-0.2, -0.15) is 0 Å². The topological polar surface area (TPSA) is 47.8 Å². The average molecular weight is 305 g/mol. The molecule has 0 N–H and O–H groups in total. The van der Waals surface area contributed by atoms with Crippen molar-refractivity contribution >= 4 is 6.29 Å². The van der Waals surface area contributed by atoms with Gasteiger partial charge in [0, 0.05) is 6.54 Å². The zero-order chi connectivity index (χ0) is 15.6. The molecule has 22 heavy (non-hydrogen) atoms. The molecule has 1 aromatic rings. The first-order valence-corrected chi connectivity index (χ1v) is 9.22. The van der Waals surface area contributed by atoms with Gasteiger partial charge in [0.1, 0.15) is 5.69 Å². The number of unbranched alkanes of at least 4 members (excludes halogenated alkanes) is 4. The van der Waals surface area contributed by atoms with Crippen molar-refractivity contribution in [3.63, 3.8) is 0 Å². The van der Waals surface area contributed by atoms with Crippen LogP contribution in [0.1, 0.15) is 93.7 Å². The fourth-order valence-corrected chi connectivity index (χ4v) is 3.56. The van der Waals surface area contributed by atoms with Crippen LogP contribution in [0.5, 0.6) is 0 Å². The Morgan fingerprint density at radius 1 is 1.14 bits per heavy atom. The first-order valence-electron chi connectivity index (χ1n) is 9.22. The van der Waals surface area contributed by atoms with Gasteiger partial charge in [-0.05, 0) is 25.2 Å². The normalized spacial score (nSPS) is 16.0. The Balaban J connectivity index is 1.84. The van der Waals surface area contributed by atoms with Crippen LogP contribution >= 0.6 is 0 Å². The van der Waals surface area contributed by atoms with E-state index in [4.69, 9.17) is 0 Å². The Hall–Kier alpha value is -1.19. The molecular weight excluding hydrogens is 274 g/mol. The molecule has 1 fully saturated rings. The molecule has 1 saturated carbocycles. The number of aromatic nitrogens is 3. The SMILES string of the molecule is CCCCCCCn1nnc(C=O)c1CCC1CCCCC1. The van der Waals surface area contributed by atoms with Gasteiger partial charge < -0.3 is 0 Å². The number of hydrogen-bond donors (Lipinski definition) is 0. The van der Waals surface area contributed by atoms with Crippen molar-refractivity contribution < 1.29 is 4.79 Å². The quantitative estimate of drug-likeness (QED) is 0.470. The van der Waals surface area contributed by atoms with Crippen molar-refractivity contribution in [2.45, 2.75) is 90.5 Å². The number of rotatable bonds is 10. The van der Waals surface area contributed by atoms with E-state index < -0.39 is 0 Å². The van der Waals surface area contributed by atoms with E-state index in [2.05, 4.69) is 17.2 Å².